The van der Waals surface area contributed by atoms with E-state index in [2.05, 4.69) is 27.0 Å². The fourth-order valence-electron chi connectivity index (χ4n) is 3.11. The van der Waals surface area contributed by atoms with E-state index in [9.17, 15) is 4.79 Å². The van der Waals surface area contributed by atoms with Crippen molar-refractivity contribution in [1.82, 2.24) is 14.9 Å². The molecule has 0 aliphatic carbocycles. The van der Waals surface area contributed by atoms with E-state index in [-0.39, 0.29) is 5.91 Å². The van der Waals surface area contributed by atoms with Gasteiger partial charge in [-0.05, 0) is 35.7 Å². The van der Waals surface area contributed by atoms with Gasteiger partial charge in [0.2, 0.25) is 5.91 Å². The Kier molecular flexibility index (Phi) is 5.45. The van der Waals surface area contributed by atoms with Crippen LogP contribution in [0.1, 0.15) is 0 Å². The number of anilines is 1. The lowest BCUT2D eigenvalue weighted by atomic mass is 10.2. The zero-order valence-corrected chi connectivity index (χ0v) is 16.6. The van der Waals surface area contributed by atoms with Crippen LogP contribution in [-0.4, -0.2) is 59.8 Å². The summed E-state index contributed by atoms with van der Waals surface area (Å²) in [4.78, 5) is 26.4. The second-order valence-corrected chi connectivity index (χ2v) is 8.03. The molecular weight excluding hydrogens is 380 g/mol. The molecule has 0 unspecified atom stereocenters. The summed E-state index contributed by atoms with van der Waals surface area (Å²) in [6, 6.07) is 10.1. The van der Waals surface area contributed by atoms with Crippen molar-refractivity contribution in [2.75, 3.05) is 43.9 Å². The van der Waals surface area contributed by atoms with E-state index in [0.717, 1.165) is 52.9 Å². The average Bonchev–Trinajstić information content (AvgIpc) is 3.22. The molecule has 3 aromatic rings. The van der Waals surface area contributed by atoms with Crippen molar-refractivity contribution in [2.45, 2.75) is 5.03 Å². The number of fused-ring (bicyclic) bond motifs is 1. The quantitative estimate of drug-likeness (QED) is 0.484. The molecule has 0 saturated carbocycles. The molecule has 3 heterocycles. The zero-order valence-electron chi connectivity index (χ0n) is 15.0. The summed E-state index contributed by atoms with van der Waals surface area (Å²) >= 11 is 3.09. The molecule has 8 heteroatoms. The number of thiophene rings is 1. The van der Waals surface area contributed by atoms with Gasteiger partial charge in [-0.1, -0.05) is 11.8 Å². The number of aromatic nitrogens is 2. The Morgan fingerprint density at radius 3 is 2.67 bits per heavy atom. The van der Waals surface area contributed by atoms with E-state index < -0.39 is 0 Å². The maximum absolute atomic E-state index is 12.6. The molecule has 1 aliphatic rings. The van der Waals surface area contributed by atoms with Crippen molar-refractivity contribution >= 4 is 44.9 Å². The van der Waals surface area contributed by atoms with E-state index in [0.29, 0.717) is 5.75 Å². The first-order chi connectivity index (χ1) is 13.2. The lowest BCUT2D eigenvalue weighted by molar-refractivity contribution is -0.128. The number of hydrogen-bond donors (Lipinski definition) is 0. The molecule has 0 radical (unpaired) electrons. The van der Waals surface area contributed by atoms with Gasteiger partial charge in [-0.3, -0.25) is 4.79 Å². The highest BCUT2D eigenvalue weighted by Gasteiger charge is 2.21. The molecule has 4 rings (SSSR count). The van der Waals surface area contributed by atoms with Crippen molar-refractivity contribution in [1.29, 1.82) is 0 Å². The first kappa shape index (κ1) is 18.1. The summed E-state index contributed by atoms with van der Waals surface area (Å²) in [6.45, 7) is 3.15. The number of methoxy groups -OCH3 is 1. The third-order valence-corrected chi connectivity index (χ3v) is 6.44. The number of carbonyl (C=O) groups excluding carboxylic acids is 1. The van der Waals surface area contributed by atoms with Gasteiger partial charge in [-0.25, -0.2) is 9.97 Å². The van der Waals surface area contributed by atoms with Crippen LogP contribution in [0.15, 0.2) is 47.1 Å². The molecular formula is C19H20N4O2S2. The predicted octanol–water partition coefficient (Wildman–Crippen LogP) is 3.14. The monoisotopic (exact) mass is 400 g/mol. The molecule has 1 amide bonds. The van der Waals surface area contributed by atoms with Gasteiger partial charge in [0.15, 0.2) is 0 Å². The molecule has 0 bridgehead atoms. The molecule has 2 aromatic heterocycles. The van der Waals surface area contributed by atoms with Gasteiger partial charge in [0.05, 0.1) is 12.9 Å². The zero-order chi connectivity index (χ0) is 18.6. The predicted molar refractivity (Wildman–Crippen MR) is 110 cm³/mol. The highest BCUT2D eigenvalue weighted by molar-refractivity contribution is 8.00. The second-order valence-electron chi connectivity index (χ2n) is 6.17. The van der Waals surface area contributed by atoms with E-state index in [1.165, 1.54) is 11.8 Å². The Morgan fingerprint density at radius 2 is 1.93 bits per heavy atom. The Morgan fingerprint density at radius 1 is 1.15 bits per heavy atom. The molecule has 0 spiro atoms. The van der Waals surface area contributed by atoms with Crippen LogP contribution in [0, 0.1) is 0 Å². The van der Waals surface area contributed by atoms with Crippen LogP contribution in [-0.2, 0) is 4.79 Å². The van der Waals surface area contributed by atoms with Crippen LogP contribution in [0.5, 0.6) is 5.75 Å². The van der Waals surface area contributed by atoms with Crippen molar-refractivity contribution in [3.63, 3.8) is 0 Å². The molecule has 140 valence electrons. The highest BCUT2D eigenvalue weighted by Crippen LogP contribution is 2.28. The van der Waals surface area contributed by atoms with Crippen molar-refractivity contribution < 1.29 is 9.53 Å². The van der Waals surface area contributed by atoms with Gasteiger partial charge in [-0.2, -0.15) is 0 Å². The fraction of sp³-hybridized carbons (Fsp3) is 0.316. The van der Waals surface area contributed by atoms with Crippen LogP contribution in [0.4, 0.5) is 5.69 Å². The molecule has 6 nitrogen and oxygen atoms in total. The van der Waals surface area contributed by atoms with Gasteiger partial charge in [0, 0.05) is 37.3 Å². The molecule has 0 N–H and O–H groups in total. The first-order valence-electron chi connectivity index (χ1n) is 8.72. The standard InChI is InChI=1S/C19H20N4O2S2/c1-25-15-4-2-14(3-5-15)22-7-9-23(10-8-22)17(24)12-27-19-16-6-11-26-18(16)20-13-21-19/h2-6,11,13H,7-10,12H2,1H3. The minimum absolute atomic E-state index is 0.163. The number of piperazine rings is 1. The van der Waals surface area contributed by atoms with Gasteiger partial charge >= 0.3 is 0 Å². The summed E-state index contributed by atoms with van der Waals surface area (Å²) in [6.07, 6.45) is 1.57. The molecule has 27 heavy (non-hydrogen) atoms. The molecule has 1 aliphatic heterocycles. The number of benzene rings is 1. The summed E-state index contributed by atoms with van der Waals surface area (Å²) in [7, 11) is 1.67. The smallest absolute Gasteiger partial charge is 0.233 e. The van der Waals surface area contributed by atoms with Crippen LogP contribution in [0.2, 0.25) is 0 Å². The number of hydrogen-bond acceptors (Lipinski definition) is 7. The third-order valence-electron chi connectivity index (χ3n) is 4.63. The number of amides is 1. The van der Waals surface area contributed by atoms with E-state index in [1.54, 1.807) is 24.8 Å². The van der Waals surface area contributed by atoms with E-state index in [1.807, 2.05) is 28.5 Å². The van der Waals surface area contributed by atoms with Crippen molar-refractivity contribution in [3.8, 4) is 5.75 Å². The highest BCUT2D eigenvalue weighted by atomic mass is 32.2. The summed E-state index contributed by atoms with van der Waals surface area (Å²) < 4.78 is 5.21. The topological polar surface area (TPSA) is 58.6 Å². The molecule has 1 fully saturated rings. The number of nitrogens with zero attached hydrogens (tertiary/aromatic N) is 4. The normalized spacial score (nSPS) is 14.6. The van der Waals surface area contributed by atoms with Gasteiger partial charge in [-0.15, -0.1) is 11.3 Å². The number of ether oxygens (including phenoxy) is 1. The lowest BCUT2D eigenvalue weighted by Gasteiger charge is -2.36. The summed E-state index contributed by atoms with van der Waals surface area (Å²) in [5.41, 5.74) is 1.16. The van der Waals surface area contributed by atoms with Gasteiger partial charge in [0.1, 0.15) is 21.9 Å². The Hall–Kier alpha value is -2.32. The molecule has 1 aromatic carbocycles. The Balaban J connectivity index is 1.31. The van der Waals surface area contributed by atoms with Gasteiger partial charge < -0.3 is 14.5 Å². The van der Waals surface area contributed by atoms with Crippen molar-refractivity contribution in [2.24, 2.45) is 0 Å². The second kappa shape index (κ2) is 8.14. The lowest BCUT2D eigenvalue weighted by Crippen LogP contribution is -2.49. The minimum atomic E-state index is 0.163. The maximum atomic E-state index is 12.6. The first-order valence-corrected chi connectivity index (χ1v) is 10.6. The molecule has 0 atom stereocenters. The Labute approximate surface area is 166 Å². The summed E-state index contributed by atoms with van der Waals surface area (Å²) in [5, 5.41) is 3.92. The maximum Gasteiger partial charge on any atom is 0.233 e. The van der Waals surface area contributed by atoms with Crippen LogP contribution >= 0.6 is 23.1 Å². The fourth-order valence-corrected chi connectivity index (χ4v) is 4.79. The van der Waals surface area contributed by atoms with Crippen molar-refractivity contribution in [3.05, 3.63) is 42.0 Å². The van der Waals surface area contributed by atoms with Gasteiger partial charge in [0.25, 0.3) is 0 Å². The van der Waals surface area contributed by atoms with E-state index in [4.69, 9.17) is 4.74 Å². The minimum Gasteiger partial charge on any atom is -0.497 e. The Bertz CT molecular complexity index is 921. The van der Waals surface area contributed by atoms with Crippen LogP contribution in [0.25, 0.3) is 10.2 Å². The number of thioether (sulfide) groups is 1. The largest absolute Gasteiger partial charge is 0.497 e. The average molecular weight is 401 g/mol. The number of carbonyl (C=O) groups is 1. The number of rotatable bonds is 5. The SMILES string of the molecule is COc1ccc(N2CCN(C(=O)CSc3ncnc4sccc34)CC2)cc1. The molecule has 1 saturated heterocycles. The van der Waals surface area contributed by atoms with E-state index >= 15 is 0 Å². The third kappa shape index (κ3) is 4.01. The van der Waals surface area contributed by atoms with Crippen LogP contribution in [0.3, 0.4) is 0 Å². The summed E-state index contributed by atoms with van der Waals surface area (Å²) in [5.74, 6) is 1.43. The van der Waals surface area contributed by atoms with Crippen LogP contribution < -0.4 is 9.64 Å².